The SMILES string of the molecule is Nc1cc2c(/C=C/c3cccc(F)c3)n[nH]c2cc1F.O=C(Cc1cccs1)Nc1cc2c(/C=C/c3cccc(F)c3)n[nH]c2cc1F.O=C(Nc1cc2c(/C=C/c3cccc(F)c3)n[nH]c2cc1F)C1CC1.O=C(Nc1cc2c(/C=C/c3cccc(F)c3)n[nH]c2cc1F)c1ccco1.O=C1CC[C@@H](C(=O)Nc2cc3c(/C=C/c4cccc(F)c4)n[nH]c3cc2F)N1. The molecule has 128 heavy (non-hydrogen) atoms. The Bertz CT molecular complexity index is 7170. The molecule has 1 saturated carbocycles. The molecule has 7 aromatic heterocycles. The van der Waals surface area contributed by atoms with Gasteiger partial charge in [0, 0.05) is 74.5 Å². The van der Waals surface area contributed by atoms with Gasteiger partial charge in [0.2, 0.25) is 23.6 Å². The van der Waals surface area contributed by atoms with E-state index >= 15 is 0 Å². The standard InChI is InChI=1S/C21H15F2N3OS.C20H16F2N4O2.C20H13F2N3O2.C19H15F2N3O.C15H11F2N3/c22-14-4-1-3-13(9-14)6-7-18-16-11-20(17(23)12-19(16)26-25-18)24-21(27)10-15-5-2-8-28-15;21-12-3-1-2-11(8-12)4-5-15-13-9-18(14(22)10-17(13)26-25-15)24-20(28)16-6-7-19(27)23-16;21-13-4-1-3-12(9-13)6-7-16-14-10-18(15(22)11-17(14)25-24-16)23-20(26)19-5-2-8-27-19;20-13-3-1-2-11(8-13)4-7-16-14-9-18(22-19(25)12-5-6-12)15(21)10-17(14)24-23-16;16-10-3-1-2-9(6-10)4-5-14-11-7-13(18)12(17)8-15(11)20-19-14/h1-9,11-12H,10H2,(H,24,27)(H,25,26);1-5,8-10,16H,6-7H2,(H,23,27)(H,24,28)(H,25,26);1-11H,(H,23,26)(H,24,25);1-4,7-10,12H,5-6H2,(H,22,25)(H,23,24);1-8H,18H2,(H,19,20)/b7-6+;5-4+;7-6+;7-4+;5-4+/t;16-;;;/m.0.../s1. The van der Waals surface area contributed by atoms with E-state index in [2.05, 4.69) is 77.6 Å². The van der Waals surface area contributed by atoms with E-state index in [1.54, 1.807) is 140 Å². The van der Waals surface area contributed by atoms with Crippen LogP contribution in [0.1, 0.15) is 97.4 Å². The van der Waals surface area contributed by atoms with Crippen molar-refractivity contribution in [3.05, 3.63) is 343 Å². The lowest BCUT2D eigenvalue weighted by atomic mass is 10.1. The largest absolute Gasteiger partial charge is 0.459 e. The van der Waals surface area contributed by atoms with Crippen molar-refractivity contribution in [1.29, 1.82) is 0 Å². The molecule has 2 fully saturated rings. The molecule has 1 aliphatic carbocycles. The zero-order valence-corrected chi connectivity index (χ0v) is 67.5. The van der Waals surface area contributed by atoms with Crippen LogP contribution in [-0.2, 0) is 25.6 Å². The minimum absolute atomic E-state index is 0.000421. The molecule has 8 heterocycles. The summed E-state index contributed by atoms with van der Waals surface area (Å²) in [6, 6.07) is 50.8. The number of furan rings is 1. The lowest BCUT2D eigenvalue weighted by Gasteiger charge is -2.11. The first-order chi connectivity index (χ1) is 61.9. The maximum atomic E-state index is 14.3. The maximum absolute atomic E-state index is 14.3. The highest BCUT2D eigenvalue weighted by Gasteiger charge is 2.31. The number of aromatic nitrogens is 10. The number of halogens is 10. The lowest BCUT2D eigenvalue weighted by molar-refractivity contribution is -0.122. The average Bonchev–Trinajstić information content (AvgIpc) is 1.65. The van der Waals surface area contributed by atoms with Gasteiger partial charge in [-0.3, -0.25) is 49.5 Å². The maximum Gasteiger partial charge on any atom is 0.291 e. The number of carbonyl (C=O) groups excluding carboxylic acids is 5. The zero-order chi connectivity index (χ0) is 89.5. The van der Waals surface area contributed by atoms with Gasteiger partial charge in [0.15, 0.2) is 5.76 Å². The van der Waals surface area contributed by atoms with Crippen molar-refractivity contribution < 1.29 is 72.3 Å². The predicted octanol–water partition coefficient (Wildman–Crippen LogP) is 21.3. The highest BCUT2D eigenvalue weighted by atomic mass is 32.1. The molecule has 642 valence electrons. The van der Waals surface area contributed by atoms with E-state index in [0.29, 0.717) is 106 Å². The van der Waals surface area contributed by atoms with Gasteiger partial charge in [0.05, 0.1) is 97.2 Å². The van der Waals surface area contributed by atoms with Crippen molar-refractivity contribution >= 4 is 185 Å². The third-order valence-electron chi connectivity index (χ3n) is 19.8. The molecule has 33 heteroatoms. The molecule has 1 aliphatic heterocycles. The number of nitrogens with one attached hydrogen (secondary N) is 10. The van der Waals surface area contributed by atoms with Crippen LogP contribution in [0.15, 0.2) is 222 Å². The van der Waals surface area contributed by atoms with Crippen LogP contribution in [0, 0.1) is 64.1 Å². The third-order valence-corrected chi connectivity index (χ3v) is 20.7. The summed E-state index contributed by atoms with van der Waals surface area (Å²) in [5, 5.41) is 52.4. The summed E-state index contributed by atoms with van der Waals surface area (Å²) < 4.78 is 142. The number of rotatable bonds is 19. The van der Waals surface area contributed by atoms with Crippen LogP contribution in [0.2, 0.25) is 0 Å². The molecule has 17 aromatic rings. The van der Waals surface area contributed by atoms with Crippen LogP contribution >= 0.6 is 11.3 Å². The number of H-pyrrole nitrogens is 5. The van der Waals surface area contributed by atoms with Crippen LogP contribution < -0.4 is 32.3 Å². The Morgan fingerprint density at radius 1 is 0.391 bits per heavy atom. The fourth-order valence-corrected chi connectivity index (χ4v) is 13.9. The summed E-state index contributed by atoms with van der Waals surface area (Å²) in [5.74, 6) is -5.99. The Hall–Kier alpha value is -16.3. The van der Waals surface area contributed by atoms with E-state index in [9.17, 15) is 67.9 Å². The molecule has 5 amide bonds. The Morgan fingerprint density at radius 3 is 1.07 bits per heavy atom. The molecule has 0 bridgehead atoms. The van der Waals surface area contributed by atoms with Crippen molar-refractivity contribution in [1.82, 2.24) is 56.3 Å². The van der Waals surface area contributed by atoms with E-state index in [1.807, 2.05) is 17.5 Å². The highest BCUT2D eigenvalue weighted by Crippen LogP contribution is 2.35. The number of thiophene rings is 1. The Morgan fingerprint density at radius 2 is 0.742 bits per heavy atom. The number of hydrogen-bond donors (Lipinski definition) is 11. The molecule has 10 aromatic carbocycles. The van der Waals surface area contributed by atoms with Crippen LogP contribution in [0.3, 0.4) is 0 Å². The van der Waals surface area contributed by atoms with Gasteiger partial charge >= 0.3 is 0 Å². The quantitative estimate of drug-likeness (QED) is 0.0266. The van der Waals surface area contributed by atoms with E-state index in [4.69, 9.17) is 10.2 Å². The summed E-state index contributed by atoms with van der Waals surface area (Å²) in [6.45, 7) is 0. The van der Waals surface area contributed by atoms with Crippen molar-refractivity contribution in [3.8, 4) is 0 Å². The first-order valence-electron chi connectivity index (χ1n) is 39.3. The number of nitrogen functional groups attached to an aromatic ring is 1. The van der Waals surface area contributed by atoms with Crippen LogP contribution in [0.4, 0.5) is 72.3 Å². The minimum atomic E-state index is -0.667. The predicted molar refractivity (Wildman–Crippen MR) is 476 cm³/mol. The molecule has 1 saturated heterocycles. The number of fused-ring (bicyclic) bond motifs is 5. The zero-order valence-electron chi connectivity index (χ0n) is 66.7. The number of nitrogens with zero attached hydrogens (tertiary/aromatic N) is 5. The summed E-state index contributed by atoms with van der Waals surface area (Å²) >= 11 is 1.47. The fourth-order valence-electron chi connectivity index (χ4n) is 13.2. The number of benzene rings is 10. The van der Waals surface area contributed by atoms with E-state index in [0.717, 1.165) is 28.7 Å². The molecule has 0 unspecified atom stereocenters. The number of nitrogens with two attached hydrogens (primary N) is 1. The number of amides is 5. The number of carbonyl (C=O) groups is 5. The van der Waals surface area contributed by atoms with Gasteiger partial charge in [-0.25, -0.2) is 43.9 Å². The highest BCUT2D eigenvalue weighted by molar-refractivity contribution is 7.10. The van der Waals surface area contributed by atoms with Crippen molar-refractivity contribution in [3.63, 3.8) is 0 Å². The van der Waals surface area contributed by atoms with Gasteiger partial charge in [0.1, 0.15) is 64.2 Å². The molecule has 2 aliphatic rings. The molecule has 22 nitrogen and oxygen atoms in total. The average molecular weight is 1750 g/mol. The van der Waals surface area contributed by atoms with E-state index in [1.165, 1.54) is 133 Å². The molecule has 12 N–H and O–H groups in total. The smallest absolute Gasteiger partial charge is 0.291 e. The topological polar surface area (TPSA) is 328 Å². The number of aromatic amines is 5. The second kappa shape index (κ2) is 39.5. The van der Waals surface area contributed by atoms with Crippen LogP contribution in [0.5, 0.6) is 0 Å². The first-order valence-corrected chi connectivity index (χ1v) is 40.2. The second-order valence-electron chi connectivity index (χ2n) is 29.1. The van der Waals surface area contributed by atoms with Gasteiger partial charge in [-0.05, 0) is 192 Å². The van der Waals surface area contributed by atoms with Crippen LogP contribution in [-0.4, -0.2) is 86.6 Å². The van der Waals surface area contributed by atoms with Crippen LogP contribution in [0.25, 0.3) is 115 Å². The second-order valence-corrected chi connectivity index (χ2v) is 30.1. The number of anilines is 5. The van der Waals surface area contributed by atoms with Gasteiger partial charge < -0.3 is 36.7 Å². The summed E-state index contributed by atoms with van der Waals surface area (Å²) in [4.78, 5) is 60.6. The normalized spacial score (nSPS) is 13.1. The van der Waals surface area contributed by atoms with E-state index < -0.39 is 46.9 Å². The molecule has 0 spiro atoms. The van der Waals surface area contributed by atoms with Crippen molar-refractivity contribution in [2.75, 3.05) is 27.0 Å². The first kappa shape index (κ1) is 86.6. The Balaban J connectivity index is 0.000000124. The third kappa shape index (κ3) is 22.2. The van der Waals surface area contributed by atoms with Gasteiger partial charge in [-0.15, -0.1) is 11.3 Å². The molecular formula is C95H70F10N16O6S. The van der Waals surface area contributed by atoms with E-state index in [-0.39, 0.29) is 99.8 Å². The Kier molecular flexibility index (Phi) is 26.7. The molecule has 0 radical (unpaired) electrons. The van der Waals surface area contributed by atoms with Crippen molar-refractivity contribution in [2.45, 2.75) is 38.1 Å². The minimum Gasteiger partial charge on any atom is -0.459 e. The summed E-state index contributed by atoms with van der Waals surface area (Å²) in [6.07, 6.45) is 21.0. The summed E-state index contributed by atoms with van der Waals surface area (Å²) in [5.41, 5.74) is 14.6. The van der Waals surface area contributed by atoms with Gasteiger partial charge in [0.25, 0.3) is 5.91 Å². The fraction of sp³-hybridized carbons (Fsp3) is 0.0737. The molecular weight excluding hydrogens is 1680 g/mol. The number of hydrogen-bond acceptors (Lipinski definition) is 13. The van der Waals surface area contributed by atoms with Crippen molar-refractivity contribution in [2.24, 2.45) is 5.92 Å². The summed E-state index contributed by atoms with van der Waals surface area (Å²) in [7, 11) is 0. The monoisotopic (exact) mass is 1750 g/mol. The molecule has 1 atom stereocenters. The molecule has 19 rings (SSSR count). The van der Waals surface area contributed by atoms with Gasteiger partial charge in [-0.1, -0.05) is 97.1 Å². The van der Waals surface area contributed by atoms with Gasteiger partial charge in [-0.2, -0.15) is 25.5 Å². The Labute approximate surface area is 723 Å². The lowest BCUT2D eigenvalue weighted by Crippen LogP contribution is -2.37.